The Labute approximate surface area is 167 Å². The Balaban J connectivity index is 1.33. The molecule has 1 fully saturated rings. The minimum atomic E-state index is 0.00952. The Kier molecular flexibility index (Phi) is 5.36. The summed E-state index contributed by atoms with van der Waals surface area (Å²) in [5.41, 5.74) is 1.67. The number of carbonyl (C=O) groups excluding carboxylic acids is 1. The molecule has 0 bridgehead atoms. The summed E-state index contributed by atoms with van der Waals surface area (Å²) >= 11 is 7.54. The lowest BCUT2D eigenvalue weighted by atomic mass is 9.96. The summed E-state index contributed by atoms with van der Waals surface area (Å²) in [5.74, 6) is 0.943. The second-order valence-corrected chi connectivity index (χ2v) is 7.90. The largest absolute Gasteiger partial charge is 0.355 e. The standard InChI is InChI=1S/C20H19ClN4OS/c21-15-3-5-16(6-4-15)22-20(26)14-9-11-25(12-10-14)19-8-7-17(23-24-19)18-2-1-13-27-18/h1-8,13-14H,9-12H2,(H,22,26). The number of amides is 1. The Morgan fingerprint density at radius 3 is 2.48 bits per heavy atom. The first kappa shape index (κ1) is 17.9. The average Bonchev–Trinajstić information content (AvgIpc) is 3.25. The van der Waals surface area contributed by atoms with Gasteiger partial charge in [-0.1, -0.05) is 17.7 Å². The van der Waals surface area contributed by atoms with Crippen molar-refractivity contribution < 1.29 is 4.79 Å². The number of rotatable bonds is 4. The molecular weight excluding hydrogens is 380 g/mol. The van der Waals surface area contributed by atoms with Crippen LogP contribution in [0.25, 0.3) is 10.6 Å². The van der Waals surface area contributed by atoms with Crippen molar-refractivity contribution in [1.82, 2.24) is 10.2 Å². The first-order valence-corrected chi connectivity index (χ1v) is 10.1. The van der Waals surface area contributed by atoms with Crippen molar-refractivity contribution >= 4 is 40.4 Å². The molecule has 0 radical (unpaired) electrons. The molecule has 5 nitrogen and oxygen atoms in total. The molecule has 27 heavy (non-hydrogen) atoms. The molecule has 1 aliphatic rings. The van der Waals surface area contributed by atoms with Crippen molar-refractivity contribution in [2.75, 3.05) is 23.3 Å². The summed E-state index contributed by atoms with van der Waals surface area (Å²) in [6.07, 6.45) is 1.60. The van der Waals surface area contributed by atoms with E-state index < -0.39 is 0 Å². The summed E-state index contributed by atoms with van der Waals surface area (Å²) in [4.78, 5) is 15.8. The van der Waals surface area contributed by atoms with Crippen LogP contribution in [0.4, 0.5) is 11.5 Å². The molecule has 1 N–H and O–H groups in total. The van der Waals surface area contributed by atoms with Crippen LogP contribution in [0.15, 0.2) is 53.9 Å². The highest BCUT2D eigenvalue weighted by Gasteiger charge is 2.26. The topological polar surface area (TPSA) is 58.1 Å². The fourth-order valence-electron chi connectivity index (χ4n) is 3.20. The van der Waals surface area contributed by atoms with Crippen LogP contribution in [0.2, 0.25) is 5.02 Å². The number of hydrogen-bond donors (Lipinski definition) is 1. The van der Waals surface area contributed by atoms with Crippen molar-refractivity contribution in [3.8, 4) is 10.6 Å². The van der Waals surface area contributed by atoms with Gasteiger partial charge in [-0.3, -0.25) is 4.79 Å². The summed E-state index contributed by atoms with van der Waals surface area (Å²) in [6, 6.07) is 15.3. The van der Waals surface area contributed by atoms with E-state index in [1.54, 1.807) is 23.5 Å². The Morgan fingerprint density at radius 2 is 1.85 bits per heavy atom. The highest BCUT2D eigenvalue weighted by molar-refractivity contribution is 7.13. The maximum absolute atomic E-state index is 12.5. The second-order valence-electron chi connectivity index (χ2n) is 6.51. The number of carbonyl (C=O) groups is 1. The third kappa shape index (κ3) is 4.28. The maximum atomic E-state index is 12.5. The lowest BCUT2D eigenvalue weighted by Gasteiger charge is -2.31. The predicted octanol–water partition coefficient (Wildman–Crippen LogP) is 4.71. The predicted molar refractivity (Wildman–Crippen MR) is 110 cm³/mol. The van der Waals surface area contributed by atoms with Crippen molar-refractivity contribution in [2.24, 2.45) is 5.92 Å². The number of benzene rings is 1. The highest BCUT2D eigenvalue weighted by atomic mass is 35.5. The van der Waals surface area contributed by atoms with E-state index in [0.717, 1.165) is 48.0 Å². The first-order chi connectivity index (χ1) is 13.2. The van der Waals surface area contributed by atoms with Gasteiger partial charge in [0.25, 0.3) is 0 Å². The second kappa shape index (κ2) is 8.06. The van der Waals surface area contributed by atoms with Crippen LogP contribution >= 0.6 is 22.9 Å². The van der Waals surface area contributed by atoms with E-state index in [9.17, 15) is 4.79 Å². The molecule has 0 spiro atoms. The summed E-state index contributed by atoms with van der Waals surface area (Å²) < 4.78 is 0. The van der Waals surface area contributed by atoms with E-state index in [1.165, 1.54) is 0 Å². The highest BCUT2D eigenvalue weighted by Crippen LogP contribution is 2.26. The van der Waals surface area contributed by atoms with Gasteiger partial charge in [0.05, 0.1) is 4.88 Å². The third-order valence-corrected chi connectivity index (χ3v) is 5.87. The van der Waals surface area contributed by atoms with E-state index in [0.29, 0.717) is 5.02 Å². The zero-order valence-electron chi connectivity index (χ0n) is 14.6. The van der Waals surface area contributed by atoms with Crippen molar-refractivity contribution in [3.05, 3.63) is 58.9 Å². The van der Waals surface area contributed by atoms with E-state index >= 15 is 0 Å². The quantitative estimate of drug-likeness (QED) is 0.691. The maximum Gasteiger partial charge on any atom is 0.227 e. The fraction of sp³-hybridized carbons (Fsp3) is 0.250. The van der Waals surface area contributed by atoms with Gasteiger partial charge in [0, 0.05) is 29.7 Å². The monoisotopic (exact) mass is 398 g/mol. The average molecular weight is 399 g/mol. The third-order valence-electron chi connectivity index (χ3n) is 4.73. The molecular formula is C20H19ClN4OS. The van der Waals surface area contributed by atoms with Crippen molar-refractivity contribution in [1.29, 1.82) is 0 Å². The van der Waals surface area contributed by atoms with Gasteiger partial charge in [-0.2, -0.15) is 0 Å². The number of halogens is 1. The van der Waals surface area contributed by atoms with Crippen LogP contribution in [-0.2, 0) is 4.79 Å². The zero-order valence-corrected chi connectivity index (χ0v) is 16.2. The molecule has 0 saturated carbocycles. The van der Waals surface area contributed by atoms with E-state index in [1.807, 2.05) is 41.8 Å². The number of nitrogens with zero attached hydrogens (tertiary/aromatic N) is 3. The molecule has 7 heteroatoms. The SMILES string of the molecule is O=C(Nc1ccc(Cl)cc1)C1CCN(c2ccc(-c3cccs3)nn2)CC1. The van der Waals surface area contributed by atoms with Gasteiger partial charge in [0.1, 0.15) is 5.69 Å². The summed E-state index contributed by atoms with van der Waals surface area (Å²) in [5, 5.41) is 14.4. The molecule has 138 valence electrons. The number of thiophene rings is 1. The Bertz CT molecular complexity index is 889. The molecule has 3 aromatic rings. The molecule has 0 atom stereocenters. The molecule has 1 aromatic carbocycles. The van der Waals surface area contributed by atoms with Crippen LogP contribution in [0.5, 0.6) is 0 Å². The summed E-state index contributed by atoms with van der Waals surface area (Å²) in [6.45, 7) is 1.59. The lowest BCUT2D eigenvalue weighted by molar-refractivity contribution is -0.120. The van der Waals surface area contributed by atoms with Gasteiger partial charge in [0.15, 0.2) is 5.82 Å². The number of nitrogens with one attached hydrogen (secondary N) is 1. The van der Waals surface area contributed by atoms with Crippen LogP contribution in [0.3, 0.4) is 0 Å². The van der Waals surface area contributed by atoms with Gasteiger partial charge in [-0.05, 0) is 60.7 Å². The Hall–Kier alpha value is -2.44. The zero-order chi connectivity index (χ0) is 18.6. The van der Waals surface area contributed by atoms with Crippen LogP contribution in [0.1, 0.15) is 12.8 Å². The minimum Gasteiger partial charge on any atom is -0.355 e. The van der Waals surface area contributed by atoms with Gasteiger partial charge >= 0.3 is 0 Å². The number of aromatic nitrogens is 2. The molecule has 4 rings (SSSR count). The number of piperidine rings is 1. The van der Waals surface area contributed by atoms with Gasteiger partial charge in [-0.15, -0.1) is 21.5 Å². The molecule has 1 saturated heterocycles. The summed E-state index contributed by atoms with van der Waals surface area (Å²) in [7, 11) is 0. The van der Waals surface area contributed by atoms with E-state index in [2.05, 4.69) is 20.4 Å². The molecule has 3 heterocycles. The van der Waals surface area contributed by atoms with Gasteiger partial charge in [-0.25, -0.2) is 0 Å². The normalized spacial score (nSPS) is 14.9. The number of hydrogen-bond acceptors (Lipinski definition) is 5. The molecule has 0 aliphatic carbocycles. The molecule has 1 aliphatic heterocycles. The van der Waals surface area contributed by atoms with E-state index in [-0.39, 0.29) is 11.8 Å². The van der Waals surface area contributed by atoms with E-state index in [4.69, 9.17) is 11.6 Å². The molecule has 2 aromatic heterocycles. The van der Waals surface area contributed by atoms with Gasteiger partial charge < -0.3 is 10.2 Å². The van der Waals surface area contributed by atoms with Crippen LogP contribution < -0.4 is 10.2 Å². The first-order valence-electron chi connectivity index (χ1n) is 8.88. The Morgan fingerprint density at radius 1 is 1.07 bits per heavy atom. The number of anilines is 2. The molecule has 1 amide bonds. The van der Waals surface area contributed by atoms with Crippen molar-refractivity contribution in [2.45, 2.75) is 12.8 Å². The van der Waals surface area contributed by atoms with Crippen LogP contribution in [0, 0.1) is 5.92 Å². The van der Waals surface area contributed by atoms with Crippen LogP contribution in [-0.4, -0.2) is 29.2 Å². The minimum absolute atomic E-state index is 0.00952. The van der Waals surface area contributed by atoms with Gasteiger partial charge in [0.2, 0.25) is 5.91 Å². The fourth-order valence-corrected chi connectivity index (χ4v) is 4.01. The molecule has 0 unspecified atom stereocenters. The van der Waals surface area contributed by atoms with Crippen molar-refractivity contribution in [3.63, 3.8) is 0 Å². The lowest BCUT2D eigenvalue weighted by Crippen LogP contribution is -2.38. The smallest absolute Gasteiger partial charge is 0.227 e.